The Labute approximate surface area is 240 Å². The molecule has 1 aliphatic heterocycles. The molecule has 13 nitrogen and oxygen atoms in total. The molecule has 1 aliphatic rings. The van der Waals surface area contributed by atoms with E-state index >= 15 is 0 Å². The van der Waals surface area contributed by atoms with Crippen molar-refractivity contribution in [1.82, 2.24) is 14.8 Å². The monoisotopic (exact) mass is 572 g/mol. The Balaban J connectivity index is 1.67. The number of allylic oxidation sites excluding steroid dienone is 1. The number of hydrogen-bond acceptors (Lipinski definition) is 10. The molecule has 0 saturated heterocycles. The molecule has 0 aliphatic carbocycles. The molecule has 1 aromatic heterocycles. The number of nitrogens with one attached hydrogen (secondary N) is 2. The number of fused-ring (bicyclic) bond motifs is 1. The van der Waals surface area contributed by atoms with Crippen molar-refractivity contribution in [2.75, 3.05) is 39.1 Å². The van der Waals surface area contributed by atoms with Gasteiger partial charge in [-0.1, -0.05) is 12.1 Å². The molecule has 5 rings (SSSR count). The maximum Gasteiger partial charge on any atom is 0.269 e. The van der Waals surface area contributed by atoms with Crippen molar-refractivity contribution in [3.8, 4) is 34.4 Å². The SMILES string of the molecule is COc1ccccc1NC(=O)C1=C(C)Nc2nc(-c3ccc([N+](=O)[O-])cc3)nn2C1c1cc(OC)c(OC)cc1OC. The fourth-order valence-corrected chi connectivity index (χ4v) is 4.79. The predicted molar refractivity (Wildman–Crippen MR) is 154 cm³/mol. The number of amides is 1. The van der Waals surface area contributed by atoms with Gasteiger partial charge in [0.15, 0.2) is 17.3 Å². The topological polar surface area (TPSA) is 152 Å². The largest absolute Gasteiger partial charge is 0.496 e. The Morgan fingerprint density at radius 3 is 2.21 bits per heavy atom. The molecule has 1 atom stereocenters. The van der Waals surface area contributed by atoms with Gasteiger partial charge in [-0.3, -0.25) is 14.9 Å². The second kappa shape index (κ2) is 11.5. The van der Waals surface area contributed by atoms with E-state index in [1.165, 1.54) is 40.6 Å². The normalized spacial score (nSPS) is 14.0. The quantitative estimate of drug-likeness (QED) is 0.211. The number of ether oxygens (including phenoxy) is 4. The summed E-state index contributed by atoms with van der Waals surface area (Å²) in [5.74, 6) is 2.03. The second-order valence-corrected chi connectivity index (χ2v) is 9.18. The fourth-order valence-electron chi connectivity index (χ4n) is 4.79. The smallest absolute Gasteiger partial charge is 0.269 e. The molecule has 0 fully saturated rings. The molecule has 1 unspecified atom stereocenters. The molecule has 0 saturated carbocycles. The van der Waals surface area contributed by atoms with Crippen LogP contribution in [0.3, 0.4) is 0 Å². The van der Waals surface area contributed by atoms with Crippen molar-refractivity contribution < 1.29 is 28.7 Å². The standard InChI is InChI=1S/C29H28N6O7/c1-16-25(28(36)31-20-8-6-7-9-21(20)39-2)26(19-14-23(41-4)24(42-5)15-22(19)40-3)34-29(30-16)32-27(33-34)17-10-12-18(13-11-17)35(37)38/h6-15,26H,1-5H3,(H,31,36)(H,30,32,33). The van der Waals surface area contributed by atoms with Gasteiger partial charge in [0.05, 0.1) is 44.6 Å². The molecule has 1 amide bonds. The van der Waals surface area contributed by atoms with Gasteiger partial charge in [0.1, 0.15) is 17.5 Å². The number of benzene rings is 3. The van der Waals surface area contributed by atoms with Crippen molar-refractivity contribution in [2.24, 2.45) is 0 Å². The van der Waals surface area contributed by atoms with Crippen LogP contribution in [0.15, 0.2) is 71.9 Å². The highest BCUT2D eigenvalue weighted by molar-refractivity contribution is 6.06. The summed E-state index contributed by atoms with van der Waals surface area (Å²) in [5.41, 5.74) is 2.40. The highest BCUT2D eigenvalue weighted by atomic mass is 16.6. The van der Waals surface area contributed by atoms with Crippen molar-refractivity contribution in [2.45, 2.75) is 13.0 Å². The molecular weight excluding hydrogens is 544 g/mol. The molecule has 4 aromatic rings. The highest BCUT2D eigenvalue weighted by Crippen LogP contribution is 2.44. The summed E-state index contributed by atoms with van der Waals surface area (Å²) in [6.45, 7) is 1.76. The Morgan fingerprint density at radius 1 is 0.929 bits per heavy atom. The first-order valence-electron chi connectivity index (χ1n) is 12.7. The minimum atomic E-state index is -0.829. The Hall–Kier alpha value is -5.59. The lowest BCUT2D eigenvalue weighted by atomic mass is 9.93. The molecule has 0 bridgehead atoms. The molecule has 216 valence electrons. The fraction of sp³-hybridized carbons (Fsp3) is 0.207. The van der Waals surface area contributed by atoms with Crippen LogP contribution in [0.1, 0.15) is 18.5 Å². The van der Waals surface area contributed by atoms with Crippen LogP contribution in [0, 0.1) is 10.1 Å². The number of hydrogen-bond donors (Lipinski definition) is 2. The molecule has 0 radical (unpaired) electrons. The number of nitrogens with zero attached hydrogens (tertiary/aromatic N) is 4. The van der Waals surface area contributed by atoms with Gasteiger partial charge in [-0.25, -0.2) is 4.68 Å². The van der Waals surface area contributed by atoms with Crippen LogP contribution >= 0.6 is 0 Å². The van der Waals surface area contributed by atoms with Crippen LogP contribution in [0.2, 0.25) is 0 Å². The number of nitro benzene ring substituents is 1. The number of aromatic nitrogens is 3. The molecule has 2 N–H and O–H groups in total. The summed E-state index contributed by atoms with van der Waals surface area (Å²) in [4.78, 5) is 29.3. The van der Waals surface area contributed by atoms with Crippen LogP contribution in [-0.2, 0) is 4.79 Å². The van der Waals surface area contributed by atoms with E-state index in [1.807, 2.05) is 0 Å². The highest BCUT2D eigenvalue weighted by Gasteiger charge is 2.37. The van der Waals surface area contributed by atoms with Crippen LogP contribution in [-0.4, -0.2) is 54.0 Å². The van der Waals surface area contributed by atoms with E-state index in [0.29, 0.717) is 62.9 Å². The summed E-state index contributed by atoms with van der Waals surface area (Å²) < 4.78 is 23.8. The van der Waals surface area contributed by atoms with Gasteiger partial charge >= 0.3 is 0 Å². The second-order valence-electron chi connectivity index (χ2n) is 9.18. The minimum absolute atomic E-state index is 0.0541. The molecule has 42 heavy (non-hydrogen) atoms. The van der Waals surface area contributed by atoms with E-state index in [4.69, 9.17) is 24.0 Å². The van der Waals surface area contributed by atoms with Crippen molar-refractivity contribution >= 4 is 23.2 Å². The molecule has 0 spiro atoms. The summed E-state index contributed by atoms with van der Waals surface area (Å²) >= 11 is 0. The van der Waals surface area contributed by atoms with E-state index in [2.05, 4.69) is 15.6 Å². The zero-order valence-electron chi connectivity index (χ0n) is 23.5. The third kappa shape index (κ3) is 5.03. The first-order chi connectivity index (χ1) is 20.3. The maximum atomic E-state index is 14.0. The third-order valence-corrected chi connectivity index (χ3v) is 6.82. The Bertz CT molecular complexity index is 1700. The van der Waals surface area contributed by atoms with E-state index in [0.717, 1.165) is 0 Å². The molecule has 13 heteroatoms. The van der Waals surface area contributed by atoms with Crippen molar-refractivity contribution in [1.29, 1.82) is 0 Å². The van der Waals surface area contributed by atoms with E-state index in [1.54, 1.807) is 60.1 Å². The molecule has 2 heterocycles. The lowest BCUT2D eigenvalue weighted by Crippen LogP contribution is -2.32. The summed E-state index contributed by atoms with van der Waals surface area (Å²) in [7, 11) is 6.07. The zero-order valence-corrected chi connectivity index (χ0v) is 23.5. The van der Waals surface area contributed by atoms with Crippen LogP contribution in [0.25, 0.3) is 11.4 Å². The van der Waals surface area contributed by atoms with Gasteiger partial charge in [-0.2, -0.15) is 4.98 Å². The summed E-state index contributed by atoms with van der Waals surface area (Å²) in [6, 6.07) is 15.6. The average Bonchev–Trinajstić information content (AvgIpc) is 3.43. The number of nitro groups is 1. The van der Waals surface area contributed by atoms with E-state index in [9.17, 15) is 14.9 Å². The van der Waals surface area contributed by atoms with Crippen LogP contribution < -0.4 is 29.6 Å². The maximum absolute atomic E-state index is 14.0. The first kappa shape index (κ1) is 28.0. The first-order valence-corrected chi connectivity index (χ1v) is 12.7. The molecule has 3 aromatic carbocycles. The number of carbonyl (C=O) groups is 1. The lowest BCUT2D eigenvalue weighted by molar-refractivity contribution is -0.384. The number of para-hydroxylation sites is 2. The van der Waals surface area contributed by atoms with Gasteiger partial charge in [0.25, 0.3) is 11.6 Å². The van der Waals surface area contributed by atoms with E-state index < -0.39 is 16.9 Å². The van der Waals surface area contributed by atoms with Gasteiger partial charge in [0.2, 0.25) is 5.95 Å². The van der Waals surface area contributed by atoms with Crippen molar-refractivity contribution in [3.05, 3.63) is 87.6 Å². The van der Waals surface area contributed by atoms with Crippen molar-refractivity contribution in [3.63, 3.8) is 0 Å². The lowest BCUT2D eigenvalue weighted by Gasteiger charge is -2.30. The van der Waals surface area contributed by atoms with Gasteiger partial charge < -0.3 is 29.6 Å². The number of non-ortho nitro benzene ring substituents is 1. The summed E-state index contributed by atoms with van der Waals surface area (Å²) in [5, 5.41) is 22.0. The predicted octanol–water partition coefficient (Wildman–Crippen LogP) is 4.82. The Kier molecular flexibility index (Phi) is 7.65. The number of carbonyl (C=O) groups excluding carboxylic acids is 1. The van der Waals surface area contributed by atoms with Gasteiger partial charge in [-0.05, 0) is 37.3 Å². The average molecular weight is 573 g/mol. The Morgan fingerprint density at radius 2 is 1.57 bits per heavy atom. The third-order valence-electron chi connectivity index (χ3n) is 6.82. The zero-order chi connectivity index (χ0) is 30.0. The van der Waals surface area contributed by atoms with Gasteiger partial charge in [0, 0.05) is 35.0 Å². The van der Waals surface area contributed by atoms with Crippen LogP contribution in [0.4, 0.5) is 17.3 Å². The minimum Gasteiger partial charge on any atom is -0.496 e. The number of anilines is 2. The number of methoxy groups -OCH3 is 4. The number of rotatable bonds is 9. The van der Waals surface area contributed by atoms with Crippen LogP contribution in [0.5, 0.6) is 23.0 Å². The van der Waals surface area contributed by atoms with E-state index in [-0.39, 0.29) is 5.69 Å². The molecular formula is C29H28N6O7. The summed E-state index contributed by atoms with van der Waals surface area (Å²) in [6.07, 6.45) is 0. The van der Waals surface area contributed by atoms with Gasteiger partial charge in [-0.15, -0.1) is 5.10 Å².